The third kappa shape index (κ3) is 2.22. The Morgan fingerprint density at radius 3 is 2.44 bits per heavy atom. The van der Waals surface area contributed by atoms with Gasteiger partial charge in [-0.1, -0.05) is 12.1 Å². The molecule has 1 aromatic carbocycles. The molecule has 0 aromatic heterocycles. The average Bonchev–Trinajstić information content (AvgIpc) is 2.44. The summed E-state index contributed by atoms with van der Waals surface area (Å²) in [5, 5.41) is 10.3. The minimum absolute atomic E-state index is 0.220. The van der Waals surface area contributed by atoms with Crippen molar-refractivity contribution in [1.82, 2.24) is 0 Å². The highest BCUT2D eigenvalue weighted by molar-refractivity contribution is 7.98. The fraction of sp³-hybridized carbons (Fsp3) is 0.467. The number of aliphatic hydroxyl groups is 1. The lowest BCUT2D eigenvalue weighted by Gasteiger charge is -2.41. The third-order valence-electron chi connectivity index (χ3n) is 4.25. The Balaban J connectivity index is 1.86. The van der Waals surface area contributed by atoms with Gasteiger partial charge in [-0.05, 0) is 24.0 Å². The number of hydrogen-bond donors (Lipinski definition) is 2. The van der Waals surface area contributed by atoms with Gasteiger partial charge in [-0.2, -0.15) is 0 Å². The molecule has 96 valence electrons. The number of thioether (sulfide) groups is 1. The van der Waals surface area contributed by atoms with Gasteiger partial charge in [-0.3, -0.25) is 0 Å². The van der Waals surface area contributed by atoms with Crippen molar-refractivity contribution >= 4 is 17.8 Å². The van der Waals surface area contributed by atoms with E-state index in [1.165, 1.54) is 47.0 Å². The van der Waals surface area contributed by atoms with Crippen LogP contribution in [-0.4, -0.2) is 30.6 Å². The number of nitrogens with one attached hydrogen (secondary N) is 1. The molecule has 0 spiro atoms. The van der Waals surface area contributed by atoms with E-state index in [1.54, 1.807) is 11.8 Å². The third-order valence-corrected chi connectivity index (χ3v) is 4.99. The van der Waals surface area contributed by atoms with Crippen LogP contribution in [0, 0.1) is 5.92 Å². The van der Waals surface area contributed by atoms with Crippen LogP contribution in [0.1, 0.15) is 18.4 Å². The molecule has 0 saturated carbocycles. The van der Waals surface area contributed by atoms with Crippen LogP contribution < -0.4 is 4.90 Å². The Morgan fingerprint density at radius 2 is 1.89 bits per heavy atom. The molecule has 3 saturated heterocycles. The van der Waals surface area contributed by atoms with Crippen LogP contribution in [0.3, 0.4) is 0 Å². The predicted molar refractivity (Wildman–Crippen MR) is 75.6 cm³/mol. The summed E-state index contributed by atoms with van der Waals surface area (Å²) in [4.78, 5) is 2.77. The largest absolute Gasteiger partial charge is 0.383 e. The molecule has 1 aromatic rings. The van der Waals surface area contributed by atoms with E-state index in [9.17, 15) is 5.11 Å². The van der Waals surface area contributed by atoms with Crippen LogP contribution in [0.25, 0.3) is 6.08 Å². The average molecular weight is 262 g/mol. The first kappa shape index (κ1) is 12.3. The molecule has 0 aliphatic carbocycles. The molecule has 3 heterocycles. The summed E-state index contributed by atoms with van der Waals surface area (Å²) in [6.07, 6.45) is 6.42. The molecule has 18 heavy (non-hydrogen) atoms. The maximum absolute atomic E-state index is 10.3. The Bertz CT molecular complexity index is 442. The number of piperidine rings is 3. The Kier molecular flexibility index (Phi) is 3.46. The molecule has 1 atom stereocenters. The Morgan fingerprint density at radius 1 is 1.22 bits per heavy atom. The van der Waals surface area contributed by atoms with E-state index in [-0.39, 0.29) is 6.10 Å². The molecule has 3 fully saturated rings. The van der Waals surface area contributed by atoms with E-state index in [0.29, 0.717) is 5.92 Å². The van der Waals surface area contributed by atoms with Gasteiger partial charge in [0.25, 0.3) is 0 Å². The monoisotopic (exact) mass is 262 g/mol. The number of fused-ring (bicyclic) bond motifs is 3. The summed E-state index contributed by atoms with van der Waals surface area (Å²) in [6.45, 7) is 2.38. The maximum Gasteiger partial charge on any atom is 0.137 e. The van der Waals surface area contributed by atoms with Gasteiger partial charge in [0.2, 0.25) is 0 Å². The van der Waals surface area contributed by atoms with Crippen LogP contribution >= 0.6 is 11.8 Å². The van der Waals surface area contributed by atoms with Crippen molar-refractivity contribution in [3.63, 3.8) is 0 Å². The van der Waals surface area contributed by atoms with Gasteiger partial charge in [0.1, 0.15) is 11.8 Å². The highest BCUT2D eigenvalue weighted by Gasteiger charge is 2.40. The molecular formula is C15H20NOS+. The standard InChI is InChI=1S/C15H19NOS/c1-18-13-4-2-11(3-5-13)10-14-15(17)12-6-8-16(14)9-7-12/h2-5,10,12,15,17H,6-9H2,1H3/p+1/b14-10-/t15-/m1/s1. The summed E-state index contributed by atoms with van der Waals surface area (Å²) in [5.74, 6) is 0.499. The summed E-state index contributed by atoms with van der Waals surface area (Å²) in [7, 11) is 0. The summed E-state index contributed by atoms with van der Waals surface area (Å²) in [5.41, 5.74) is 2.41. The van der Waals surface area contributed by atoms with E-state index in [0.717, 1.165) is 0 Å². The van der Waals surface area contributed by atoms with E-state index < -0.39 is 0 Å². The number of aliphatic hydroxyl groups excluding tert-OH is 1. The van der Waals surface area contributed by atoms with Crippen LogP contribution in [0.4, 0.5) is 0 Å². The highest BCUT2D eigenvalue weighted by atomic mass is 32.2. The first-order valence-corrected chi connectivity index (χ1v) is 7.89. The zero-order valence-electron chi connectivity index (χ0n) is 10.7. The van der Waals surface area contributed by atoms with E-state index in [1.807, 2.05) is 0 Å². The molecule has 0 unspecified atom stereocenters. The fourth-order valence-corrected chi connectivity index (χ4v) is 3.53. The van der Waals surface area contributed by atoms with Crippen LogP contribution in [0.2, 0.25) is 0 Å². The van der Waals surface area contributed by atoms with Crippen LogP contribution in [-0.2, 0) is 0 Å². The lowest BCUT2D eigenvalue weighted by Crippen LogP contribution is -3.14. The zero-order chi connectivity index (χ0) is 12.5. The Hall–Kier alpha value is -0.770. The van der Waals surface area contributed by atoms with E-state index in [2.05, 4.69) is 36.6 Å². The molecule has 3 aliphatic rings. The molecule has 0 amide bonds. The minimum atomic E-state index is -0.220. The van der Waals surface area contributed by atoms with Crippen molar-refractivity contribution in [1.29, 1.82) is 0 Å². The second kappa shape index (κ2) is 5.08. The molecule has 0 radical (unpaired) electrons. The molecule has 3 heteroatoms. The van der Waals surface area contributed by atoms with E-state index in [4.69, 9.17) is 0 Å². The fourth-order valence-electron chi connectivity index (χ4n) is 3.12. The van der Waals surface area contributed by atoms with Crippen molar-refractivity contribution < 1.29 is 10.0 Å². The summed E-state index contributed by atoms with van der Waals surface area (Å²) >= 11 is 1.76. The SMILES string of the molecule is CSc1ccc(/C=C2/[C@H](O)C3CC[NH+]2CC3)cc1. The number of hydrogen-bond acceptors (Lipinski definition) is 2. The second-order valence-corrected chi connectivity index (χ2v) is 6.14. The Labute approximate surface area is 113 Å². The molecule has 3 aliphatic heterocycles. The lowest BCUT2D eigenvalue weighted by molar-refractivity contribution is -0.880. The first-order valence-electron chi connectivity index (χ1n) is 6.66. The van der Waals surface area contributed by atoms with Gasteiger partial charge >= 0.3 is 0 Å². The maximum atomic E-state index is 10.3. The van der Waals surface area contributed by atoms with Gasteiger partial charge in [-0.25, -0.2) is 0 Å². The van der Waals surface area contributed by atoms with Crippen LogP contribution in [0.5, 0.6) is 0 Å². The quantitative estimate of drug-likeness (QED) is 0.788. The predicted octanol–water partition coefficient (Wildman–Crippen LogP) is 1.42. The van der Waals surface area contributed by atoms with Crippen LogP contribution in [0.15, 0.2) is 34.9 Å². The van der Waals surface area contributed by atoms with Gasteiger partial charge in [-0.15, -0.1) is 11.8 Å². The zero-order valence-corrected chi connectivity index (χ0v) is 11.5. The van der Waals surface area contributed by atoms with Gasteiger partial charge in [0, 0.05) is 29.7 Å². The number of quaternary nitrogens is 1. The second-order valence-electron chi connectivity index (χ2n) is 5.26. The lowest BCUT2D eigenvalue weighted by atomic mass is 9.83. The molecule has 2 nitrogen and oxygen atoms in total. The minimum Gasteiger partial charge on any atom is -0.383 e. The van der Waals surface area contributed by atoms with Gasteiger partial charge in [0.15, 0.2) is 0 Å². The summed E-state index contributed by atoms with van der Waals surface area (Å²) in [6, 6.07) is 8.59. The molecule has 2 N–H and O–H groups in total. The normalized spacial score (nSPS) is 33.0. The smallest absolute Gasteiger partial charge is 0.137 e. The van der Waals surface area contributed by atoms with Crippen molar-refractivity contribution in [3.8, 4) is 0 Å². The van der Waals surface area contributed by atoms with Gasteiger partial charge in [0.05, 0.1) is 13.1 Å². The van der Waals surface area contributed by atoms with Gasteiger partial charge < -0.3 is 10.0 Å². The number of rotatable bonds is 2. The van der Waals surface area contributed by atoms with E-state index >= 15 is 0 Å². The van der Waals surface area contributed by atoms with Crippen molar-refractivity contribution in [2.75, 3.05) is 19.3 Å². The van der Waals surface area contributed by atoms with Crippen molar-refractivity contribution in [2.45, 2.75) is 23.8 Å². The molecular weight excluding hydrogens is 242 g/mol. The highest BCUT2D eigenvalue weighted by Crippen LogP contribution is 2.25. The first-order chi connectivity index (χ1) is 8.78. The molecule has 2 bridgehead atoms. The van der Waals surface area contributed by atoms with Crippen molar-refractivity contribution in [2.24, 2.45) is 5.92 Å². The topological polar surface area (TPSA) is 24.7 Å². The summed E-state index contributed by atoms with van der Waals surface area (Å²) < 4.78 is 0. The van der Waals surface area contributed by atoms with Crippen molar-refractivity contribution in [3.05, 3.63) is 35.5 Å². The molecule has 4 rings (SSSR count). The number of benzene rings is 1.